The highest BCUT2D eigenvalue weighted by atomic mass is 19.1. The molecule has 1 aromatic rings. The molecule has 2 rings (SSSR count). The van der Waals surface area contributed by atoms with Crippen LogP contribution in [0.5, 0.6) is 0 Å². The third-order valence-corrected chi connectivity index (χ3v) is 3.93. The molecule has 0 saturated heterocycles. The van der Waals surface area contributed by atoms with Gasteiger partial charge in [0.15, 0.2) is 0 Å². The average Bonchev–Trinajstić information content (AvgIpc) is 2.89. The van der Waals surface area contributed by atoms with Gasteiger partial charge in [0.25, 0.3) is 0 Å². The molecule has 0 spiro atoms. The van der Waals surface area contributed by atoms with Crippen molar-refractivity contribution in [2.45, 2.75) is 52.1 Å². The summed E-state index contributed by atoms with van der Waals surface area (Å²) in [6.07, 6.45) is 4.32. The van der Waals surface area contributed by atoms with Crippen LogP contribution in [-0.4, -0.2) is 12.6 Å². The third kappa shape index (κ3) is 3.29. The van der Waals surface area contributed by atoms with Crippen molar-refractivity contribution in [3.63, 3.8) is 0 Å². The Kier molecular flexibility index (Phi) is 4.97. The molecule has 1 saturated carbocycles. The van der Waals surface area contributed by atoms with Gasteiger partial charge in [-0.3, -0.25) is 0 Å². The number of hydrogen-bond donors (Lipinski definition) is 1. The summed E-state index contributed by atoms with van der Waals surface area (Å²) in [7, 11) is 0. The summed E-state index contributed by atoms with van der Waals surface area (Å²) in [5.74, 6) is -0.611. The molecule has 0 unspecified atom stereocenters. The predicted molar refractivity (Wildman–Crippen MR) is 78.7 cm³/mol. The number of rotatable bonds is 5. The molecule has 0 atom stereocenters. The topological polar surface area (TPSA) is 29.3 Å². The lowest BCUT2D eigenvalue weighted by Gasteiger charge is -2.33. The van der Waals surface area contributed by atoms with Gasteiger partial charge in [-0.1, -0.05) is 26.7 Å². The number of hydrogen-bond acceptors (Lipinski definition) is 2. The second kappa shape index (κ2) is 6.53. The van der Waals surface area contributed by atoms with Gasteiger partial charge in [-0.15, -0.1) is 0 Å². The van der Waals surface area contributed by atoms with Crippen LogP contribution >= 0.6 is 0 Å². The normalized spacial score (nSPS) is 16.1. The quantitative estimate of drug-likeness (QED) is 0.889. The van der Waals surface area contributed by atoms with E-state index in [-0.39, 0.29) is 18.3 Å². The van der Waals surface area contributed by atoms with Gasteiger partial charge in [0.1, 0.15) is 17.3 Å². The minimum Gasteiger partial charge on any atom is -0.364 e. The molecule has 112 valence electrons. The van der Waals surface area contributed by atoms with Crippen molar-refractivity contribution in [1.29, 1.82) is 0 Å². The van der Waals surface area contributed by atoms with Crippen molar-refractivity contribution in [2.24, 2.45) is 11.7 Å². The number of halogens is 2. The van der Waals surface area contributed by atoms with E-state index in [0.717, 1.165) is 25.7 Å². The predicted octanol–water partition coefficient (Wildman–Crippen LogP) is 3.83. The van der Waals surface area contributed by atoms with Gasteiger partial charge in [-0.25, -0.2) is 8.78 Å². The van der Waals surface area contributed by atoms with Gasteiger partial charge in [-0.2, -0.15) is 0 Å². The fourth-order valence-electron chi connectivity index (χ4n) is 3.04. The maximum absolute atomic E-state index is 14.3. The van der Waals surface area contributed by atoms with Crippen molar-refractivity contribution in [2.75, 3.05) is 11.4 Å². The maximum Gasteiger partial charge on any atom is 0.149 e. The highest BCUT2D eigenvalue weighted by Crippen LogP contribution is 2.33. The standard InChI is InChI=1S/C16H24F2N2/c1-11(2)10-20(13-5-3-4-6-13)16-14(17)7-12(9-19)8-15(16)18/h7-8,11,13H,3-6,9-10,19H2,1-2H3. The van der Waals surface area contributed by atoms with Gasteiger partial charge < -0.3 is 10.6 Å². The lowest BCUT2D eigenvalue weighted by Crippen LogP contribution is -2.37. The van der Waals surface area contributed by atoms with E-state index in [1.165, 1.54) is 12.1 Å². The smallest absolute Gasteiger partial charge is 0.149 e. The van der Waals surface area contributed by atoms with Crippen LogP contribution in [0.4, 0.5) is 14.5 Å². The molecule has 0 radical (unpaired) electrons. The SMILES string of the molecule is CC(C)CN(c1c(F)cc(CN)cc1F)C1CCCC1. The molecule has 2 N–H and O–H groups in total. The Labute approximate surface area is 120 Å². The zero-order valence-electron chi connectivity index (χ0n) is 12.3. The Morgan fingerprint density at radius 2 is 1.75 bits per heavy atom. The molecule has 20 heavy (non-hydrogen) atoms. The summed E-state index contributed by atoms with van der Waals surface area (Å²) >= 11 is 0. The fourth-order valence-corrected chi connectivity index (χ4v) is 3.04. The maximum atomic E-state index is 14.3. The first-order valence-electron chi connectivity index (χ1n) is 7.47. The molecule has 1 aromatic carbocycles. The highest BCUT2D eigenvalue weighted by molar-refractivity contribution is 5.52. The van der Waals surface area contributed by atoms with Crippen LogP contribution in [0, 0.1) is 17.6 Å². The van der Waals surface area contributed by atoms with Crippen LogP contribution in [0.2, 0.25) is 0 Å². The molecule has 0 heterocycles. The largest absolute Gasteiger partial charge is 0.364 e. The van der Waals surface area contributed by atoms with E-state index in [0.29, 0.717) is 18.0 Å². The van der Waals surface area contributed by atoms with Crippen molar-refractivity contribution in [1.82, 2.24) is 0 Å². The van der Waals surface area contributed by atoms with Crippen LogP contribution in [0.25, 0.3) is 0 Å². The second-order valence-corrected chi connectivity index (χ2v) is 6.10. The second-order valence-electron chi connectivity index (χ2n) is 6.10. The molecule has 1 fully saturated rings. The molecule has 1 aliphatic rings. The molecule has 1 aliphatic carbocycles. The van der Waals surface area contributed by atoms with Gasteiger partial charge in [-0.05, 0) is 36.5 Å². The van der Waals surface area contributed by atoms with Crippen molar-refractivity contribution >= 4 is 5.69 Å². The van der Waals surface area contributed by atoms with Crippen molar-refractivity contribution < 1.29 is 8.78 Å². The summed E-state index contributed by atoms with van der Waals surface area (Å²) in [5.41, 5.74) is 6.10. The zero-order valence-corrected chi connectivity index (χ0v) is 12.3. The Hall–Kier alpha value is -1.16. The van der Waals surface area contributed by atoms with E-state index in [2.05, 4.69) is 13.8 Å². The van der Waals surface area contributed by atoms with E-state index in [1.54, 1.807) is 0 Å². The van der Waals surface area contributed by atoms with E-state index >= 15 is 0 Å². The number of nitrogens with zero attached hydrogens (tertiary/aromatic N) is 1. The third-order valence-electron chi connectivity index (χ3n) is 3.93. The first-order chi connectivity index (χ1) is 9.52. The molecule has 0 aliphatic heterocycles. The van der Waals surface area contributed by atoms with Crippen LogP contribution in [-0.2, 0) is 6.54 Å². The highest BCUT2D eigenvalue weighted by Gasteiger charge is 2.27. The fraction of sp³-hybridized carbons (Fsp3) is 0.625. The Bertz CT molecular complexity index is 431. The van der Waals surface area contributed by atoms with Crippen LogP contribution in [0.1, 0.15) is 45.1 Å². The lowest BCUT2D eigenvalue weighted by atomic mass is 10.1. The first kappa shape index (κ1) is 15.2. The van der Waals surface area contributed by atoms with E-state index < -0.39 is 11.6 Å². The number of benzene rings is 1. The molecule has 0 amide bonds. The van der Waals surface area contributed by atoms with Crippen LogP contribution in [0.3, 0.4) is 0 Å². The number of anilines is 1. The molecule has 0 bridgehead atoms. The average molecular weight is 282 g/mol. The van der Waals surface area contributed by atoms with Gasteiger partial charge in [0, 0.05) is 19.1 Å². The Balaban J connectivity index is 2.37. The number of nitrogens with two attached hydrogens (primary N) is 1. The minimum atomic E-state index is -0.488. The minimum absolute atomic E-state index is 0.128. The molecular formula is C16H24F2N2. The summed E-state index contributed by atoms with van der Waals surface area (Å²) in [4.78, 5) is 1.93. The Morgan fingerprint density at radius 3 is 2.20 bits per heavy atom. The summed E-state index contributed by atoms with van der Waals surface area (Å²) in [6, 6.07) is 2.98. The molecular weight excluding hydrogens is 258 g/mol. The van der Waals surface area contributed by atoms with Crippen LogP contribution < -0.4 is 10.6 Å². The zero-order chi connectivity index (χ0) is 14.7. The van der Waals surface area contributed by atoms with Crippen molar-refractivity contribution in [3.8, 4) is 0 Å². The molecule has 4 heteroatoms. The molecule has 2 nitrogen and oxygen atoms in total. The summed E-state index contributed by atoms with van der Waals surface area (Å²) in [5, 5.41) is 0. The van der Waals surface area contributed by atoms with Crippen LogP contribution in [0.15, 0.2) is 12.1 Å². The summed E-state index contributed by atoms with van der Waals surface area (Å²) in [6.45, 7) is 4.99. The Morgan fingerprint density at radius 1 is 1.20 bits per heavy atom. The monoisotopic (exact) mass is 282 g/mol. The molecule has 0 aromatic heterocycles. The van der Waals surface area contributed by atoms with Crippen molar-refractivity contribution in [3.05, 3.63) is 29.3 Å². The van der Waals surface area contributed by atoms with E-state index in [4.69, 9.17) is 5.73 Å². The summed E-state index contributed by atoms with van der Waals surface area (Å²) < 4.78 is 28.6. The lowest BCUT2D eigenvalue weighted by molar-refractivity contribution is 0.500. The first-order valence-corrected chi connectivity index (χ1v) is 7.47. The van der Waals surface area contributed by atoms with Gasteiger partial charge in [0.05, 0.1) is 0 Å². The van der Waals surface area contributed by atoms with E-state index in [9.17, 15) is 8.78 Å². The van der Waals surface area contributed by atoms with E-state index in [1.807, 2.05) is 4.90 Å². The van der Waals surface area contributed by atoms with Gasteiger partial charge in [0.2, 0.25) is 0 Å². The van der Waals surface area contributed by atoms with Gasteiger partial charge >= 0.3 is 0 Å².